The van der Waals surface area contributed by atoms with E-state index >= 15 is 0 Å². The smallest absolute Gasteiger partial charge is 0.262 e. The Balaban J connectivity index is 1.46. The zero-order valence-corrected chi connectivity index (χ0v) is 21.0. The van der Waals surface area contributed by atoms with Gasteiger partial charge in [-0.15, -0.1) is 0 Å². The lowest BCUT2D eigenvalue weighted by atomic mass is 9.70. The van der Waals surface area contributed by atoms with Crippen LogP contribution < -0.4 is 10.1 Å². The van der Waals surface area contributed by atoms with E-state index in [-0.39, 0.29) is 18.7 Å². The Morgan fingerprint density at radius 2 is 1.73 bits per heavy atom. The molecule has 1 aromatic carbocycles. The molecule has 33 heavy (non-hydrogen) atoms. The summed E-state index contributed by atoms with van der Waals surface area (Å²) in [6.07, 6.45) is 14.6. The topological polar surface area (TPSA) is 41.6 Å². The third-order valence-electron chi connectivity index (χ3n) is 7.59. The second-order valence-corrected chi connectivity index (χ2v) is 10.9. The van der Waals surface area contributed by atoms with E-state index in [4.69, 9.17) is 4.74 Å². The molecule has 2 heterocycles. The third kappa shape index (κ3) is 7.07. The molecule has 0 radical (unpaired) electrons. The fourth-order valence-electron chi connectivity index (χ4n) is 5.59. The minimum atomic E-state index is 0.0659. The van der Waals surface area contributed by atoms with Crippen molar-refractivity contribution in [1.82, 2.24) is 10.2 Å². The second-order valence-electron chi connectivity index (χ2n) is 10.2. The summed E-state index contributed by atoms with van der Waals surface area (Å²) in [5.74, 6) is 0.820. The Labute approximate surface area is 203 Å². The highest BCUT2D eigenvalue weighted by Crippen LogP contribution is 2.43. The van der Waals surface area contributed by atoms with E-state index in [0.29, 0.717) is 12.0 Å². The number of amides is 1. The van der Waals surface area contributed by atoms with Gasteiger partial charge in [-0.05, 0) is 79.1 Å². The number of aryl methyl sites for hydroxylation is 1. The van der Waals surface area contributed by atoms with Crippen molar-refractivity contribution in [2.75, 3.05) is 13.2 Å². The minimum Gasteiger partial charge on any atom is -0.484 e. The van der Waals surface area contributed by atoms with Crippen molar-refractivity contribution in [2.45, 2.75) is 90.3 Å². The van der Waals surface area contributed by atoms with Gasteiger partial charge in [0.15, 0.2) is 6.61 Å². The molecular weight excluding hydrogens is 428 g/mol. The van der Waals surface area contributed by atoms with Gasteiger partial charge in [-0.25, -0.2) is 0 Å². The van der Waals surface area contributed by atoms with Crippen LogP contribution >= 0.6 is 11.3 Å². The molecule has 2 aromatic rings. The molecule has 4 nitrogen and oxygen atoms in total. The maximum Gasteiger partial charge on any atom is 0.262 e. The van der Waals surface area contributed by atoms with E-state index in [1.807, 2.05) is 24.3 Å². The summed E-state index contributed by atoms with van der Waals surface area (Å²) < 4.78 is 5.90. The van der Waals surface area contributed by atoms with Crippen LogP contribution in [0.4, 0.5) is 0 Å². The first-order valence-corrected chi connectivity index (χ1v) is 13.8. The molecule has 2 fully saturated rings. The maximum absolute atomic E-state index is 13.5. The number of nitrogens with one attached hydrogen (secondary N) is 1. The highest BCUT2D eigenvalue weighted by atomic mass is 32.1. The standard InChI is InChI=1S/C28H40N2O2S/c1-23-9-11-25(12-10-23)32-21-27(31)30(20-24-13-18-33-22-24)26-19-28(16-17-29-26)14-7-5-3-2-4-6-8-15-28/h9-13,18,22,26,29H,2-8,14-17,19-21H2,1H3. The Morgan fingerprint density at radius 3 is 2.39 bits per heavy atom. The average molecular weight is 469 g/mol. The molecule has 0 bridgehead atoms. The van der Waals surface area contributed by atoms with Crippen LogP contribution in [0.5, 0.6) is 5.75 Å². The van der Waals surface area contributed by atoms with Gasteiger partial charge in [0.05, 0.1) is 6.17 Å². The molecule has 5 heteroatoms. The van der Waals surface area contributed by atoms with E-state index in [0.717, 1.165) is 18.7 Å². The Bertz CT molecular complexity index is 839. The van der Waals surface area contributed by atoms with E-state index in [1.54, 1.807) is 11.3 Å². The Hall–Kier alpha value is -1.85. The largest absolute Gasteiger partial charge is 0.484 e. The average Bonchev–Trinajstić information content (AvgIpc) is 3.35. The van der Waals surface area contributed by atoms with Crippen LogP contribution in [0.25, 0.3) is 0 Å². The number of thiophene rings is 1. The SMILES string of the molecule is Cc1ccc(OCC(=O)N(Cc2ccsc2)C2CC3(CCCCCCCCC3)CCN2)cc1. The summed E-state index contributed by atoms with van der Waals surface area (Å²) in [4.78, 5) is 15.5. The quantitative estimate of drug-likeness (QED) is 0.514. The van der Waals surface area contributed by atoms with Gasteiger partial charge in [0.1, 0.15) is 5.75 Å². The molecule has 1 aromatic heterocycles. The monoisotopic (exact) mass is 468 g/mol. The van der Waals surface area contributed by atoms with E-state index in [9.17, 15) is 4.79 Å². The van der Waals surface area contributed by atoms with Crippen molar-refractivity contribution in [3.63, 3.8) is 0 Å². The van der Waals surface area contributed by atoms with Gasteiger partial charge < -0.3 is 9.64 Å². The number of ether oxygens (including phenoxy) is 1. The van der Waals surface area contributed by atoms with Crippen LogP contribution in [-0.4, -0.2) is 30.1 Å². The molecule has 1 N–H and O–H groups in total. The molecule has 1 aliphatic carbocycles. The van der Waals surface area contributed by atoms with Gasteiger partial charge in [-0.3, -0.25) is 10.1 Å². The number of benzene rings is 1. The predicted molar refractivity (Wildman–Crippen MR) is 137 cm³/mol. The van der Waals surface area contributed by atoms with E-state index < -0.39 is 0 Å². The maximum atomic E-state index is 13.5. The summed E-state index contributed by atoms with van der Waals surface area (Å²) in [7, 11) is 0. The number of hydrogen-bond acceptors (Lipinski definition) is 4. The zero-order chi connectivity index (χ0) is 22.9. The van der Waals surface area contributed by atoms with Gasteiger partial charge in [0.25, 0.3) is 5.91 Å². The molecule has 1 saturated carbocycles. The van der Waals surface area contributed by atoms with E-state index in [1.165, 1.54) is 75.3 Å². The molecule has 1 saturated heterocycles. The van der Waals surface area contributed by atoms with Crippen molar-refractivity contribution in [3.8, 4) is 5.75 Å². The second kappa shape index (κ2) is 12.0. The molecular formula is C28H40N2O2S. The van der Waals surface area contributed by atoms with Crippen LogP contribution in [0.1, 0.15) is 81.8 Å². The van der Waals surface area contributed by atoms with Crippen molar-refractivity contribution in [2.24, 2.45) is 5.41 Å². The summed E-state index contributed by atoms with van der Waals surface area (Å²) in [6.45, 7) is 3.78. The molecule has 4 rings (SSSR count). The normalized spacial score (nSPS) is 21.4. The van der Waals surface area contributed by atoms with Crippen LogP contribution in [0, 0.1) is 12.3 Å². The molecule has 2 aliphatic rings. The van der Waals surface area contributed by atoms with Gasteiger partial charge >= 0.3 is 0 Å². The van der Waals surface area contributed by atoms with Crippen LogP contribution in [0.3, 0.4) is 0 Å². The lowest BCUT2D eigenvalue weighted by molar-refractivity contribution is -0.139. The summed E-state index contributed by atoms with van der Waals surface area (Å²) in [6, 6.07) is 10.1. The van der Waals surface area contributed by atoms with Crippen LogP contribution in [0.15, 0.2) is 41.1 Å². The third-order valence-corrected chi connectivity index (χ3v) is 8.32. The lowest BCUT2D eigenvalue weighted by Crippen LogP contribution is -2.55. The predicted octanol–water partition coefficient (Wildman–Crippen LogP) is 6.68. The van der Waals surface area contributed by atoms with Gasteiger partial charge in [-0.2, -0.15) is 11.3 Å². The molecule has 1 atom stereocenters. The van der Waals surface area contributed by atoms with Gasteiger partial charge in [-0.1, -0.05) is 62.6 Å². The number of rotatable bonds is 6. The van der Waals surface area contributed by atoms with Crippen molar-refractivity contribution in [3.05, 3.63) is 52.2 Å². The first kappa shape index (κ1) is 24.3. The highest BCUT2D eigenvalue weighted by Gasteiger charge is 2.39. The summed E-state index contributed by atoms with van der Waals surface area (Å²) >= 11 is 1.69. The van der Waals surface area contributed by atoms with Crippen molar-refractivity contribution < 1.29 is 9.53 Å². The van der Waals surface area contributed by atoms with Crippen molar-refractivity contribution in [1.29, 1.82) is 0 Å². The zero-order valence-electron chi connectivity index (χ0n) is 20.2. The van der Waals surface area contributed by atoms with Crippen LogP contribution in [0.2, 0.25) is 0 Å². The number of nitrogens with zero attached hydrogens (tertiary/aromatic N) is 1. The minimum absolute atomic E-state index is 0.0659. The number of carbonyl (C=O) groups is 1. The van der Waals surface area contributed by atoms with Gasteiger partial charge in [0, 0.05) is 6.54 Å². The highest BCUT2D eigenvalue weighted by molar-refractivity contribution is 7.07. The van der Waals surface area contributed by atoms with Gasteiger partial charge in [0.2, 0.25) is 0 Å². The lowest BCUT2D eigenvalue weighted by Gasteiger charge is -2.46. The van der Waals surface area contributed by atoms with E-state index in [2.05, 4.69) is 34.0 Å². The molecule has 180 valence electrons. The fraction of sp³-hybridized carbons (Fsp3) is 0.607. The van der Waals surface area contributed by atoms with Crippen molar-refractivity contribution >= 4 is 17.2 Å². The Kier molecular flexibility index (Phi) is 8.85. The Morgan fingerprint density at radius 1 is 1.03 bits per heavy atom. The summed E-state index contributed by atoms with van der Waals surface area (Å²) in [5.41, 5.74) is 2.77. The molecule has 1 amide bonds. The molecule has 1 aliphatic heterocycles. The molecule has 1 unspecified atom stereocenters. The number of carbonyl (C=O) groups excluding carboxylic acids is 1. The number of piperidine rings is 1. The first-order valence-electron chi connectivity index (χ1n) is 12.9. The number of hydrogen-bond donors (Lipinski definition) is 1. The fourth-order valence-corrected chi connectivity index (χ4v) is 6.25. The van der Waals surface area contributed by atoms with Crippen LogP contribution in [-0.2, 0) is 11.3 Å². The molecule has 1 spiro atoms. The summed E-state index contributed by atoms with van der Waals surface area (Å²) in [5, 5.41) is 7.96. The first-order chi connectivity index (χ1) is 16.1.